The summed E-state index contributed by atoms with van der Waals surface area (Å²) < 4.78 is 0. The summed E-state index contributed by atoms with van der Waals surface area (Å²) in [5, 5.41) is 17.8. The fraction of sp³-hybridized carbons (Fsp3) is 0.800. The van der Waals surface area contributed by atoms with E-state index in [1.54, 1.807) is 0 Å². The van der Waals surface area contributed by atoms with Gasteiger partial charge in [-0.3, -0.25) is 0 Å². The first-order valence-electron chi connectivity index (χ1n) is 4.75. The van der Waals surface area contributed by atoms with E-state index in [2.05, 4.69) is 19.1 Å². The lowest BCUT2D eigenvalue weighted by molar-refractivity contribution is 0.142. The molecule has 0 bridgehead atoms. The molecular formula is C10H20O2. The molecule has 0 fully saturated rings. The van der Waals surface area contributed by atoms with Gasteiger partial charge in [-0.25, -0.2) is 0 Å². The minimum absolute atomic E-state index is 0.182. The van der Waals surface area contributed by atoms with E-state index in [9.17, 15) is 5.11 Å². The second-order valence-corrected chi connectivity index (χ2v) is 2.98. The fourth-order valence-corrected chi connectivity index (χ4v) is 1.04. The van der Waals surface area contributed by atoms with Crippen molar-refractivity contribution in [2.24, 2.45) is 0 Å². The fourth-order valence-electron chi connectivity index (χ4n) is 1.04. The van der Waals surface area contributed by atoms with Gasteiger partial charge in [0, 0.05) is 6.61 Å². The van der Waals surface area contributed by atoms with Crippen LogP contribution in [-0.2, 0) is 0 Å². The summed E-state index contributed by atoms with van der Waals surface area (Å²) in [4.78, 5) is 0. The quantitative estimate of drug-likeness (QED) is 0.575. The van der Waals surface area contributed by atoms with E-state index in [4.69, 9.17) is 5.11 Å². The Kier molecular flexibility index (Phi) is 8.51. The van der Waals surface area contributed by atoms with Crippen LogP contribution in [0.2, 0.25) is 0 Å². The van der Waals surface area contributed by atoms with Gasteiger partial charge in [0.2, 0.25) is 0 Å². The van der Waals surface area contributed by atoms with Gasteiger partial charge in [-0.15, -0.1) is 0 Å². The van der Waals surface area contributed by atoms with Crippen LogP contribution in [0.4, 0.5) is 0 Å². The summed E-state index contributed by atoms with van der Waals surface area (Å²) in [6, 6.07) is 0. The van der Waals surface area contributed by atoms with E-state index in [0.29, 0.717) is 6.42 Å². The highest BCUT2D eigenvalue weighted by Gasteiger charge is 2.00. The van der Waals surface area contributed by atoms with E-state index in [1.807, 2.05) is 0 Å². The Hall–Kier alpha value is -0.340. The summed E-state index contributed by atoms with van der Waals surface area (Å²) in [6.07, 6.45) is 8.22. The Morgan fingerprint density at radius 1 is 1.25 bits per heavy atom. The molecule has 0 radical (unpaired) electrons. The topological polar surface area (TPSA) is 40.5 Å². The summed E-state index contributed by atoms with van der Waals surface area (Å²) >= 11 is 0. The predicted molar refractivity (Wildman–Crippen MR) is 51.0 cm³/mol. The number of rotatable bonds is 7. The maximum absolute atomic E-state index is 9.33. The van der Waals surface area contributed by atoms with Crippen LogP contribution in [0.15, 0.2) is 12.2 Å². The van der Waals surface area contributed by atoms with Gasteiger partial charge in [0.1, 0.15) is 0 Å². The Bertz CT molecular complexity index is 110. The highest BCUT2D eigenvalue weighted by Crippen LogP contribution is 2.04. The zero-order valence-electron chi connectivity index (χ0n) is 7.87. The Labute approximate surface area is 74.9 Å². The van der Waals surface area contributed by atoms with E-state index in [0.717, 1.165) is 25.7 Å². The minimum Gasteiger partial charge on any atom is -0.396 e. The molecule has 0 aliphatic rings. The third-order valence-electron chi connectivity index (χ3n) is 1.76. The number of hydrogen-bond donors (Lipinski definition) is 2. The van der Waals surface area contributed by atoms with Crippen LogP contribution in [0, 0.1) is 0 Å². The largest absolute Gasteiger partial charge is 0.396 e. The molecule has 2 N–H and O–H groups in total. The molecular weight excluding hydrogens is 152 g/mol. The number of allylic oxidation sites excluding steroid dienone is 2. The molecule has 12 heavy (non-hydrogen) atoms. The Morgan fingerprint density at radius 2 is 2.00 bits per heavy atom. The molecule has 1 atom stereocenters. The average Bonchev–Trinajstić information content (AvgIpc) is 2.09. The predicted octanol–water partition coefficient (Wildman–Crippen LogP) is 1.87. The molecule has 72 valence electrons. The van der Waals surface area contributed by atoms with Crippen LogP contribution in [0.3, 0.4) is 0 Å². The molecule has 2 nitrogen and oxygen atoms in total. The molecule has 0 saturated carbocycles. The van der Waals surface area contributed by atoms with Crippen molar-refractivity contribution in [2.45, 2.75) is 45.1 Å². The lowest BCUT2D eigenvalue weighted by atomic mass is 10.1. The number of aliphatic hydroxyl groups excluding tert-OH is 2. The lowest BCUT2D eigenvalue weighted by Crippen LogP contribution is -2.06. The molecule has 0 spiro atoms. The molecule has 0 saturated heterocycles. The molecule has 0 amide bonds. The van der Waals surface area contributed by atoms with Crippen molar-refractivity contribution >= 4 is 0 Å². The van der Waals surface area contributed by atoms with Gasteiger partial charge < -0.3 is 10.2 Å². The van der Waals surface area contributed by atoms with Crippen molar-refractivity contribution < 1.29 is 10.2 Å². The van der Waals surface area contributed by atoms with Crippen LogP contribution >= 0.6 is 0 Å². The second kappa shape index (κ2) is 8.75. The Morgan fingerprint density at radius 3 is 2.58 bits per heavy atom. The van der Waals surface area contributed by atoms with Gasteiger partial charge >= 0.3 is 0 Å². The maximum atomic E-state index is 9.33. The van der Waals surface area contributed by atoms with E-state index in [1.165, 1.54) is 0 Å². The molecule has 0 aliphatic heterocycles. The zero-order chi connectivity index (χ0) is 9.23. The van der Waals surface area contributed by atoms with Gasteiger partial charge in [0.15, 0.2) is 0 Å². The van der Waals surface area contributed by atoms with Gasteiger partial charge in [-0.2, -0.15) is 0 Å². The second-order valence-electron chi connectivity index (χ2n) is 2.98. The Balaban J connectivity index is 3.18. The van der Waals surface area contributed by atoms with Crippen LogP contribution in [0.1, 0.15) is 39.0 Å². The van der Waals surface area contributed by atoms with E-state index in [-0.39, 0.29) is 12.7 Å². The van der Waals surface area contributed by atoms with Crippen molar-refractivity contribution in [3.8, 4) is 0 Å². The monoisotopic (exact) mass is 172 g/mol. The number of hydrogen-bond acceptors (Lipinski definition) is 2. The average molecular weight is 172 g/mol. The smallest absolute Gasteiger partial charge is 0.0544 e. The van der Waals surface area contributed by atoms with E-state index >= 15 is 0 Å². The van der Waals surface area contributed by atoms with Gasteiger partial charge in [0.05, 0.1) is 6.10 Å². The van der Waals surface area contributed by atoms with E-state index < -0.39 is 0 Å². The normalized spacial score (nSPS) is 13.9. The SMILES string of the molecule is CCC=CCCC(O)CCCO. The van der Waals surface area contributed by atoms with Crippen LogP contribution in [0.25, 0.3) is 0 Å². The van der Waals surface area contributed by atoms with Crippen molar-refractivity contribution in [1.82, 2.24) is 0 Å². The lowest BCUT2D eigenvalue weighted by Gasteiger charge is -2.06. The first-order chi connectivity index (χ1) is 5.81. The van der Waals surface area contributed by atoms with Gasteiger partial charge in [-0.05, 0) is 32.1 Å². The maximum Gasteiger partial charge on any atom is 0.0544 e. The van der Waals surface area contributed by atoms with Gasteiger partial charge in [-0.1, -0.05) is 19.1 Å². The highest BCUT2D eigenvalue weighted by atomic mass is 16.3. The molecule has 0 aromatic heterocycles. The minimum atomic E-state index is -0.237. The zero-order valence-corrected chi connectivity index (χ0v) is 7.87. The molecule has 2 heteroatoms. The summed E-state index contributed by atoms with van der Waals surface area (Å²) in [5.74, 6) is 0. The standard InChI is InChI=1S/C10H20O2/c1-2-3-4-5-7-10(12)8-6-9-11/h3-4,10-12H,2,5-9H2,1H3. The van der Waals surface area contributed by atoms with Crippen LogP contribution in [-0.4, -0.2) is 22.9 Å². The van der Waals surface area contributed by atoms with Crippen molar-refractivity contribution in [3.05, 3.63) is 12.2 Å². The van der Waals surface area contributed by atoms with Crippen molar-refractivity contribution in [2.75, 3.05) is 6.61 Å². The third-order valence-corrected chi connectivity index (χ3v) is 1.76. The summed E-state index contributed by atoms with van der Waals surface area (Å²) in [5.41, 5.74) is 0. The summed E-state index contributed by atoms with van der Waals surface area (Å²) in [6.45, 7) is 2.28. The molecule has 0 aromatic carbocycles. The highest BCUT2D eigenvalue weighted by molar-refractivity contribution is 4.80. The van der Waals surface area contributed by atoms with Crippen LogP contribution < -0.4 is 0 Å². The molecule has 1 unspecified atom stereocenters. The van der Waals surface area contributed by atoms with Crippen molar-refractivity contribution in [1.29, 1.82) is 0 Å². The van der Waals surface area contributed by atoms with Gasteiger partial charge in [0.25, 0.3) is 0 Å². The summed E-state index contributed by atoms with van der Waals surface area (Å²) in [7, 11) is 0. The molecule has 0 rings (SSSR count). The molecule has 0 aromatic rings. The molecule has 0 heterocycles. The first kappa shape index (κ1) is 11.7. The first-order valence-corrected chi connectivity index (χ1v) is 4.75. The molecule has 0 aliphatic carbocycles. The van der Waals surface area contributed by atoms with Crippen LogP contribution in [0.5, 0.6) is 0 Å². The third kappa shape index (κ3) is 7.76. The number of aliphatic hydroxyl groups is 2. The van der Waals surface area contributed by atoms with Crippen molar-refractivity contribution in [3.63, 3.8) is 0 Å².